The first-order chi connectivity index (χ1) is 11.4. The molecule has 0 bridgehead atoms. The van der Waals surface area contributed by atoms with Gasteiger partial charge in [0.2, 0.25) is 5.91 Å². The van der Waals surface area contributed by atoms with Gasteiger partial charge in [0.1, 0.15) is 0 Å². The Hall–Kier alpha value is -2.35. The Morgan fingerprint density at radius 3 is 2.58 bits per heavy atom. The number of Topliss-reactive ketones (excluding diaryl/α,β-unsaturated/α-hetero) is 1. The van der Waals surface area contributed by atoms with Crippen molar-refractivity contribution >= 4 is 29.1 Å². The number of rotatable bonds is 7. The summed E-state index contributed by atoms with van der Waals surface area (Å²) in [6.07, 6.45) is 0.802. The van der Waals surface area contributed by atoms with Crippen molar-refractivity contribution in [1.82, 2.24) is 14.8 Å². The van der Waals surface area contributed by atoms with Crippen molar-refractivity contribution in [3.8, 4) is 0 Å². The highest BCUT2D eigenvalue weighted by Crippen LogP contribution is 2.21. The Balaban J connectivity index is 2.02. The first-order valence-electron chi connectivity index (χ1n) is 7.66. The number of amides is 1. The summed E-state index contributed by atoms with van der Waals surface area (Å²) in [5, 5.41) is 9.23. The van der Waals surface area contributed by atoms with Gasteiger partial charge in [-0.2, -0.15) is 0 Å². The fourth-order valence-electron chi connectivity index (χ4n) is 2.06. The molecule has 2 N–H and O–H groups in total. The molecule has 0 unspecified atom stereocenters. The van der Waals surface area contributed by atoms with Crippen LogP contribution in [0, 0.1) is 0 Å². The van der Waals surface area contributed by atoms with E-state index >= 15 is 0 Å². The molecule has 1 heterocycles. The molecule has 0 saturated carbocycles. The van der Waals surface area contributed by atoms with Gasteiger partial charge >= 0.3 is 5.69 Å². The molecule has 0 saturated heterocycles. The van der Waals surface area contributed by atoms with Gasteiger partial charge in [0.25, 0.3) is 0 Å². The number of ketones is 1. The van der Waals surface area contributed by atoms with E-state index in [1.165, 1.54) is 23.3 Å². The fraction of sp³-hybridized carbons (Fsp3) is 0.375. The molecule has 0 radical (unpaired) electrons. The molecule has 0 aliphatic rings. The zero-order valence-corrected chi connectivity index (χ0v) is 14.6. The Morgan fingerprint density at radius 2 is 2.00 bits per heavy atom. The lowest BCUT2D eigenvalue weighted by Gasteiger charge is -2.12. The molecular formula is C16H20N4O3S. The highest BCUT2D eigenvalue weighted by atomic mass is 32.2. The van der Waals surface area contributed by atoms with Crippen LogP contribution in [0.5, 0.6) is 0 Å². The number of aromatic nitrogens is 3. The minimum absolute atomic E-state index is 0.0239. The van der Waals surface area contributed by atoms with E-state index in [4.69, 9.17) is 0 Å². The number of anilines is 1. The van der Waals surface area contributed by atoms with Crippen molar-refractivity contribution in [2.45, 2.75) is 44.1 Å². The third-order valence-electron chi connectivity index (χ3n) is 3.38. The molecule has 1 aromatic carbocycles. The number of H-pyrrole nitrogens is 1. The lowest BCUT2D eigenvalue weighted by atomic mass is 10.1. The van der Waals surface area contributed by atoms with Gasteiger partial charge in [-0.3, -0.25) is 14.2 Å². The van der Waals surface area contributed by atoms with Crippen molar-refractivity contribution in [3.05, 3.63) is 40.3 Å². The van der Waals surface area contributed by atoms with Gasteiger partial charge in [-0.1, -0.05) is 18.7 Å². The smallest absolute Gasteiger partial charge is 0.325 e. The first-order valence-corrected chi connectivity index (χ1v) is 8.54. The molecule has 2 rings (SSSR count). The van der Waals surface area contributed by atoms with Gasteiger partial charge in [-0.25, -0.2) is 9.89 Å². The third-order valence-corrected chi connectivity index (χ3v) is 4.47. The fourth-order valence-corrected chi connectivity index (χ4v) is 2.94. The van der Waals surface area contributed by atoms with Crippen molar-refractivity contribution < 1.29 is 9.59 Å². The Labute approximate surface area is 143 Å². The lowest BCUT2D eigenvalue weighted by molar-refractivity contribution is -0.115. The van der Waals surface area contributed by atoms with E-state index in [1.807, 2.05) is 6.92 Å². The largest absolute Gasteiger partial charge is 0.343 e. The minimum Gasteiger partial charge on any atom is -0.325 e. The van der Waals surface area contributed by atoms with Crippen LogP contribution >= 0.6 is 11.8 Å². The molecule has 0 aliphatic carbocycles. The molecule has 24 heavy (non-hydrogen) atoms. The first kappa shape index (κ1) is 18.0. The Morgan fingerprint density at radius 1 is 1.33 bits per heavy atom. The van der Waals surface area contributed by atoms with Crippen LogP contribution in [-0.2, 0) is 11.3 Å². The van der Waals surface area contributed by atoms with Crippen molar-refractivity contribution in [2.75, 3.05) is 5.32 Å². The number of nitrogens with one attached hydrogen (secondary N) is 2. The van der Waals surface area contributed by atoms with Crippen LogP contribution in [0.1, 0.15) is 37.6 Å². The maximum Gasteiger partial charge on any atom is 0.343 e. The summed E-state index contributed by atoms with van der Waals surface area (Å²) in [7, 11) is 0. The summed E-state index contributed by atoms with van der Waals surface area (Å²) in [4.78, 5) is 35.2. The zero-order chi connectivity index (χ0) is 17.7. The van der Waals surface area contributed by atoms with E-state index < -0.39 is 5.25 Å². The molecule has 0 spiro atoms. The van der Waals surface area contributed by atoms with Crippen LogP contribution in [0.2, 0.25) is 0 Å². The van der Waals surface area contributed by atoms with E-state index in [2.05, 4.69) is 15.5 Å². The highest BCUT2D eigenvalue weighted by molar-refractivity contribution is 8.00. The summed E-state index contributed by atoms with van der Waals surface area (Å²) in [5.41, 5.74) is 0.938. The summed E-state index contributed by atoms with van der Waals surface area (Å²) >= 11 is 1.22. The van der Waals surface area contributed by atoms with E-state index in [-0.39, 0.29) is 17.4 Å². The average molecular weight is 348 g/mol. The van der Waals surface area contributed by atoms with Crippen molar-refractivity contribution in [2.24, 2.45) is 0 Å². The Kier molecular flexibility index (Phi) is 5.97. The molecular weight excluding hydrogens is 328 g/mol. The predicted octanol–water partition coefficient (Wildman–Crippen LogP) is 2.30. The number of thioether (sulfide) groups is 1. The number of carbonyl (C=O) groups excluding carboxylic acids is 2. The zero-order valence-electron chi connectivity index (χ0n) is 13.8. The van der Waals surface area contributed by atoms with Gasteiger partial charge in [-0.15, -0.1) is 5.10 Å². The average Bonchev–Trinajstić information content (AvgIpc) is 2.89. The van der Waals surface area contributed by atoms with Crippen LogP contribution in [0.25, 0.3) is 0 Å². The second-order valence-corrected chi connectivity index (χ2v) is 6.65. The maximum absolute atomic E-state index is 12.3. The van der Waals surface area contributed by atoms with E-state index in [0.717, 1.165) is 6.42 Å². The molecule has 1 aromatic heterocycles. The summed E-state index contributed by atoms with van der Waals surface area (Å²) in [5.74, 6) is -0.224. The number of hydrogen-bond acceptors (Lipinski definition) is 5. The molecule has 128 valence electrons. The van der Waals surface area contributed by atoms with Gasteiger partial charge in [0.15, 0.2) is 10.9 Å². The standard InChI is InChI=1S/C16H20N4O3S/c1-4-9-20-15(23)18-19-16(20)24-11(3)14(22)17-13-7-5-12(6-8-13)10(2)21/h5-8,11H,4,9H2,1-3H3,(H,17,22)(H,18,23)/t11-/m0/s1. The van der Waals surface area contributed by atoms with Crippen molar-refractivity contribution in [1.29, 1.82) is 0 Å². The summed E-state index contributed by atoms with van der Waals surface area (Å²) < 4.78 is 1.52. The number of carbonyl (C=O) groups is 2. The van der Waals surface area contributed by atoms with E-state index in [1.54, 1.807) is 31.2 Å². The summed E-state index contributed by atoms with van der Waals surface area (Å²) in [6, 6.07) is 6.71. The van der Waals surface area contributed by atoms with Crippen LogP contribution in [0.15, 0.2) is 34.2 Å². The quantitative estimate of drug-likeness (QED) is 0.591. The number of nitrogens with zero attached hydrogens (tertiary/aromatic N) is 2. The SMILES string of the molecule is CCCn1c(S[C@@H](C)C(=O)Nc2ccc(C(C)=O)cc2)n[nH]c1=O. The number of benzene rings is 1. The number of hydrogen-bond donors (Lipinski definition) is 2. The number of aromatic amines is 1. The van der Waals surface area contributed by atoms with Gasteiger partial charge in [-0.05, 0) is 44.5 Å². The minimum atomic E-state index is -0.428. The van der Waals surface area contributed by atoms with E-state index in [0.29, 0.717) is 23.0 Å². The monoisotopic (exact) mass is 348 g/mol. The third kappa shape index (κ3) is 4.35. The predicted molar refractivity (Wildman–Crippen MR) is 93.5 cm³/mol. The molecule has 2 aromatic rings. The summed E-state index contributed by atoms with van der Waals surface area (Å²) in [6.45, 7) is 5.76. The second kappa shape index (κ2) is 7.96. The molecule has 1 amide bonds. The van der Waals surface area contributed by atoms with Crippen LogP contribution in [-0.4, -0.2) is 31.7 Å². The molecule has 8 heteroatoms. The van der Waals surface area contributed by atoms with Gasteiger partial charge in [0, 0.05) is 17.8 Å². The van der Waals surface area contributed by atoms with Crippen LogP contribution < -0.4 is 11.0 Å². The molecule has 0 fully saturated rings. The lowest BCUT2D eigenvalue weighted by Crippen LogP contribution is -2.24. The molecule has 7 nitrogen and oxygen atoms in total. The highest BCUT2D eigenvalue weighted by Gasteiger charge is 2.19. The van der Waals surface area contributed by atoms with Crippen LogP contribution in [0.3, 0.4) is 0 Å². The normalized spacial score (nSPS) is 12.0. The molecule has 1 atom stereocenters. The van der Waals surface area contributed by atoms with E-state index in [9.17, 15) is 14.4 Å². The maximum atomic E-state index is 12.3. The second-order valence-electron chi connectivity index (χ2n) is 5.35. The molecule has 0 aliphatic heterocycles. The van der Waals surface area contributed by atoms with Gasteiger partial charge in [0.05, 0.1) is 5.25 Å². The Bertz CT molecular complexity index is 779. The van der Waals surface area contributed by atoms with Crippen LogP contribution in [0.4, 0.5) is 5.69 Å². The van der Waals surface area contributed by atoms with Gasteiger partial charge < -0.3 is 5.32 Å². The topological polar surface area (TPSA) is 96.8 Å². The van der Waals surface area contributed by atoms with Crippen molar-refractivity contribution in [3.63, 3.8) is 0 Å².